The van der Waals surface area contributed by atoms with Crippen LogP contribution in [0.4, 0.5) is 0 Å². The van der Waals surface area contributed by atoms with Gasteiger partial charge in [-0.25, -0.2) is 0 Å². The average molecular weight is 581 g/mol. The maximum absolute atomic E-state index is 5.11. The standard InChI is InChI=1S/C41H32N4/c1-41(22-21-38(45-27-41)36-16-8-10-24-43-36)40-33-14-6-5-13-31(33)39(30-18-20-37(44-26-30)35-15-7-9-23-42-35)32-19-17-29(25-34(32)40)28-11-3-2-4-12-28/h2-11,13-26,28H,12,27H2,1H3. The van der Waals surface area contributed by atoms with Crippen molar-refractivity contribution in [2.75, 3.05) is 6.54 Å². The van der Waals surface area contributed by atoms with Gasteiger partial charge in [-0.05, 0) is 81.1 Å². The summed E-state index contributed by atoms with van der Waals surface area (Å²) < 4.78 is 0. The number of pyridine rings is 3. The van der Waals surface area contributed by atoms with Gasteiger partial charge >= 0.3 is 0 Å². The Bertz CT molecular complexity index is 2160. The molecule has 216 valence electrons. The third kappa shape index (κ3) is 4.89. The molecule has 2 aliphatic rings. The van der Waals surface area contributed by atoms with E-state index in [0.29, 0.717) is 12.5 Å². The normalized spacial score (nSPS) is 19.2. The van der Waals surface area contributed by atoms with Crippen molar-refractivity contribution in [1.82, 2.24) is 15.0 Å². The Labute approximate surface area is 263 Å². The van der Waals surface area contributed by atoms with E-state index in [-0.39, 0.29) is 5.41 Å². The largest absolute Gasteiger partial charge is 0.282 e. The van der Waals surface area contributed by atoms with Crippen LogP contribution in [0.2, 0.25) is 0 Å². The topological polar surface area (TPSA) is 51.0 Å². The molecule has 4 heterocycles. The van der Waals surface area contributed by atoms with Crippen molar-refractivity contribution in [2.45, 2.75) is 24.7 Å². The lowest BCUT2D eigenvalue weighted by molar-refractivity contribution is 0.614. The molecule has 0 bridgehead atoms. The Morgan fingerprint density at radius 3 is 2.13 bits per heavy atom. The molecule has 45 heavy (non-hydrogen) atoms. The Morgan fingerprint density at radius 2 is 1.44 bits per heavy atom. The van der Waals surface area contributed by atoms with E-state index in [4.69, 9.17) is 9.98 Å². The Kier molecular flexibility index (Phi) is 6.76. The number of fused-ring (bicyclic) bond motifs is 2. The predicted octanol–water partition coefficient (Wildman–Crippen LogP) is 9.43. The van der Waals surface area contributed by atoms with Crippen molar-refractivity contribution in [3.05, 3.63) is 163 Å². The van der Waals surface area contributed by atoms with Gasteiger partial charge < -0.3 is 0 Å². The molecule has 6 aromatic rings. The number of benzene rings is 3. The van der Waals surface area contributed by atoms with Crippen LogP contribution in [0, 0.1) is 0 Å². The van der Waals surface area contributed by atoms with Gasteiger partial charge in [-0.2, -0.15) is 0 Å². The highest BCUT2D eigenvalue weighted by atomic mass is 14.8. The number of aromatic nitrogens is 3. The van der Waals surface area contributed by atoms with Crippen LogP contribution in [0.3, 0.4) is 0 Å². The van der Waals surface area contributed by atoms with Crippen LogP contribution < -0.4 is 0 Å². The van der Waals surface area contributed by atoms with Crippen molar-refractivity contribution < 1.29 is 0 Å². The first-order valence-corrected chi connectivity index (χ1v) is 15.5. The molecule has 0 saturated carbocycles. The van der Waals surface area contributed by atoms with Crippen LogP contribution in [0.1, 0.15) is 36.1 Å². The van der Waals surface area contributed by atoms with Crippen LogP contribution in [0.5, 0.6) is 0 Å². The van der Waals surface area contributed by atoms with Crippen molar-refractivity contribution in [3.8, 4) is 22.5 Å². The zero-order valence-electron chi connectivity index (χ0n) is 25.1. The molecule has 4 heteroatoms. The van der Waals surface area contributed by atoms with Crippen LogP contribution in [0.15, 0.2) is 151 Å². The highest BCUT2D eigenvalue weighted by Gasteiger charge is 2.32. The number of aliphatic imine (C=N–C) groups is 1. The third-order valence-electron chi connectivity index (χ3n) is 9.12. The lowest BCUT2D eigenvalue weighted by Crippen LogP contribution is -2.28. The molecule has 3 aromatic carbocycles. The minimum Gasteiger partial charge on any atom is -0.282 e. The second-order valence-corrected chi connectivity index (χ2v) is 12.1. The molecule has 2 atom stereocenters. The molecule has 2 unspecified atom stereocenters. The van der Waals surface area contributed by atoms with Crippen LogP contribution in [0.25, 0.3) is 44.1 Å². The molecule has 0 radical (unpaired) electrons. The average Bonchev–Trinajstić information content (AvgIpc) is 3.12. The fraction of sp³-hybridized carbons (Fsp3) is 0.122. The summed E-state index contributed by atoms with van der Waals surface area (Å²) in [5, 5.41) is 4.95. The van der Waals surface area contributed by atoms with E-state index >= 15 is 0 Å². The first-order valence-electron chi connectivity index (χ1n) is 15.5. The predicted molar refractivity (Wildman–Crippen MR) is 186 cm³/mol. The lowest BCUT2D eigenvalue weighted by Gasteiger charge is -2.32. The van der Waals surface area contributed by atoms with Crippen molar-refractivity contribution in [2.24, 2.45) is 4.99 Å². The van der Waals surface area contributed by atoms with E-state index in [2.05, 4.69) is 108 Å². The van der Waals surface area contributed by atoms with Gasteiger partial charge in [0.2, 0.25) is 0 Å². The van der Waals surface area contributed by atoms with E-state index in [1.165, 1.54) is 38.2 Å². The molecule has 1 aliphatic heterocycles. The number of dihydropyridines is 1. The van der Waals surface area contributed by atoms with Gasteiger partial charge in [0, 0.05) is 35.5 Å². The van der Waals surface area contributed by atoms with Crippen LogP contribution in [-0.2, 0) is 5.41 Å². The van der Waals surface area contributed by atoms with E-state index in [0.717, 1.165) is 34.8 Å². The fourth-order valence-corrected chi connectivity index (χ4v) is 6.85. The van der Waals surface area contributed by atoms with E-state index in [1.807, 2.05) is 55.0 Å². The highest BCUT2D eigenvalue weighted by Crippen LogP contribution is 2.46. The molecule has 8 rings (SSSR count). The Morgan fingerprint density at radius 1 is 0.689 bits per heavy atom. The monoisotopic (exact) mass is 580 g/mol. The van der Waals surface area contributed by atoms with Crippen molar-refractivity contribution in [3.63, 3.8) is 0 Å². The van der Waals surface area contributed by atoms with Gasteiger partial charge in [-0.1, -0.05) is 98.0 Å². The van der Waals surface area contributed by atoms with E-state index in [1.54, 1.807) is 0 Å². The van der Waals surface area contributed by atoms with Crippen molar-refractivity contribution in [1.29, 1.82) is 0 Å². The van der Waals surface area contributed by atoms with Gasteiger partial charge in [0.15, 0.2) is 0 Å². The summed E-state index contributed by atoms with van der Waals surface area (Å²) in [6, 6.07) is 32.1. The maximum Gasteiger partial charge on any atom is 0.0886 e. The zero-order chi connectivity index (χ0) is 30.2. The SMILES string of the molecule is CC1(c2c3ccccc3c(-c3ccc(-c4ccccn4)nc3)c3ccc(C4C=CC=CC4)cc23)C=CC(c2ccccn2)=NC1. The molecule has 3 aromatic heterocycles. The summed E-state index contributed by atoms with van der Waals surface area (Å²) in [6.07, 6.45) is 20.0. The second-order valence-electron chi connectivity index (χ2n) is 12.1. The van der Waals surface area contributed by atoms with Crippen molar-refractivity contribution >= 4 is 27.3 Å². The Balaban J connectivity index is 1.34. The molecular weight excluding hydrogens is 548 g/mol. The first kappa shape index (κ1) is 27.1. The second kappa shape index (κ2) is 11.2. The fourth-order valence-electron chi connectivity index (χ4n) is 6.85. The summed E-state index contributed by atoms with van der Waals surface area (Å²) in [6.45, 7) is 2.96. The lowest BCUT2D eigenvalue weighted by atomic mass is 9.73. The summed E-state index contributed by atoms with van der Waals surface area (Å²) in [5.74, 6) is 0.352. The molecule has 0 N–H and O–H groups in total. The van der Waals surface area contributed by atoms with Gasteiger partial charge in [-0.15, -0.1) is 0 Å². The van der Waals surface area contributed by atoms with Gasteiger partial charge in [0.25, 0.3) is 0 Å². The van der Waals surface area contributed by atoms with Gasteiger partial charge in [-0.3, -0.25) is 19.9 Å². The summed E-state index contributed by atoms with van der Waals surface area (Å²) >= 11 is 0. The number of allylic oxidation sites excluding steroid dienone is 5. The third-order valence-corrected chi connectivity index (χ3v) is 9.12. The first-order chi connectivity index (χ1) is 22.2. The minimum atomic E-state index is -0.309. The summed E-state index contributed by atoms with van der Waals surface area (Å²) in [7, 11) is 0. The molecule has 0 spiro atoms. The zero-order valence-corrected chi connectivity index (χ0v) is 25.1. The van der Waals surface area contributed by atoms with Crippen LogP contribution >= 0.6 is 0 Å². The number of rotatable bonds is 5. The highest BCUT2D eigenvalue weighted by molar-refractivity contribution is 6.16. The molecule has 4 nitrogen and oxygen atoms in total. The van der Waals surface area contributed by atoms with Gasteiger partial charge in [0.05, 0.1) is 29.3 Å². The molecule has 1 aliphatic carbocycles. The van der Waals surface area contributed by atoms with E-state index in [9.17, 15) is 0 Å². The quantitative estimate of drug-likeness (QED) is 0.191. The molecular formula is C41H32N4. The molecule has 0 saturated heterocycles. The van der Waals surface area contributed by atoms with Crippen LogP contribution in [-0.4, -0.2) is 27.2 Å². The summed E-state index contributed by atoms with van der Waals surface area (Å²) in [4.78, 5) is 19.0. The molecule has 0 fully saturated rings. The Hall–Kier alpha value is -5.48. The number of hydrogen-bond donors (Lipinski definition) is 0. The number of nitrogens with zero attached hydrogens (tertiary/aromatic N) is 4. The number of hydrogen-bond acceptors (Lipinski definition) is 4. The van der Waals surface area contributed by atoms with Gasteiger partial charge in [0.1, 0.15) is 0 Å². The molecule has 0 amide bonds. The summed E-state index contributed by atoms with van der Waals surface area (Å²) in [5.41, 5.74) is 8.20. The minimum absolute atomic E-state index is 0.309. The van der Waals surface area contributed by atoms with E-state index < -0.39 is 0 Å². The smallest absolute Gasteiger partial charge is 0.0886 e. The maximum atomic E-state index is 5.11.